The van der Waals surface area contributed by atoms with Gasteiger partial charge in [-0.05, 0) is 24.3 Å². The number of nitrogens with zero attached hydrogens (tertiary/aromatic N) is 1. The first-order valence-electron chi connectivity index (χ1n) is 7.70. The summed E-state index contributed by atoms with van der Waals surface area (Å²) < 4.78 is 11.3. The molecule has 0 spiro atoms. The van der Waals surface area contributed by atoms with E-state index in [9.17, 15) is 4.79 Å². The van der Waals surface area contributed by atoms with Crippen LogP contribution < -0.4 is 14.8 Å². The molecular weight excluding hydrogens is 395 g/mol. The first-order valence-corrected chi connectivity index (χ1v) is 9.34. The molecule has 3 aromatic rings. The third-order valence-electron chi connectivity index (χ3n) is 3.75. The number of thiazole rings is 1. The number of hydrogen-bond acceptors (Lipinski definition) is 5. The Hall–Kier alpha value is -2.28. The molecule has 8 heteroatoms. The molecule has 0 saturated heterocycles. The minimum absolute atomic E-state index is 0.147. The van der Waals surface area contributed by atoms with E-state index in [4.69, 9.17) is 32.7 Å². The second-order valence-corrected chi connectivity index (χ2v) is 7.19. The van der Waals surface area contributed by atoms with Crippen molar-refractivity contribution in [2.24, 2.45) is 0 Å². The van der Waals surface area contributed by atoms with Gasteiger partial charge in [-0.3, -0.25) is 10.1 Å². The molecule has 5 nitrogen and oxygen atoms in total. The van der Waals surface area contributed by atoms with Gasteiger partial charge in [0.1, 0.15) is 6.61 Å². The number of carbonyl (C=O) groups is 1. The SMILES string of the molecule is O=C(Nc1nc(-c2ccc(Cl)c(Cl)c2)cs1)C1COc2ccccc2O1. The normalized spacial score (nSPS) is 15.5. The molecule has 4 rings (SSSR count). The number of para-hydroxylation sites is 2. The molecule has 26 heavy (non-hydrogen) atoms. The van der Waals surface area contributed by atoms with Gasteiger partial charge in [-0.1, -0.05) is 41.4 Å². The van der Waals surface area contributed by atoms with E-state index in [1.165, 1.54) is 11.3 Å². The van der Waals surface area contributed by atoms with Gasteiger partial charge in [-0.2, -0.15) is 0 Å². The summed E-state index contributed by atoms with van der Waals surface area (Å²) in [6.45, 7) is 0.147. The van der Waals surface area contributed by atoms with E-state index in [1.54, 1.807) is 24.3 Å². The fraction of sp³-hybridized carbons (Fsp3) is 0.111. The topological polar surface area (TPSA) is 60.5 Å². The maximum Gasteiger partial charge on any atom is 0.270 e. The molecule has 1 amide bonds. The van der Waals surface area contributed by atoms with Crippen LogP contribution in [0.4, 0.5) is 5.13 Å². The van der Waals surface area contributed by atoms with Crippen LogP contribution in [0.25, 0.3) is 11.3 Å². The summed E-state index contributed by atoms with van der Waals surface area (Å²) in [5, 5.41) is 6.00. The standard InChI is InChI=1S/C18H12Cl2N2O3S/c19-11-6-5-10(7-12(11)20)13-9-26-18(21-13)22-17(23)16-8-24-14-3-1-2-4-15(14)25-16/h1-7,9,16H,8H2,(H,21,22,23). The zero-order valence-electron chi connectivity index (χ0n) is 13.2. The highest BCUT2D eigenvalue weighted by Crippen LogP contribution is 2.32. The number of amides is 1. The molecule has 0 radical (unpaired) electrons. The van der Waals surface area contributed by atoms with Gasteiger partial charge in [0, 0.05) is 10.9 Å². The number of rotatable bonds is 3. The molecule has 1 aliphatic heterocycles. The van der Waals surface area contributed by atoms with Gasteiger partial charge in [0.2, 0.25) is 6.10 Å². The van der Waals surface area contributed by atoms with E-state index in [1.807, 2.05) is 23.6 Å². The lowest BCUT2D eigenvalue weighted by Gasteiger charge is -2.25. The summed E-state index contributed by atoms with van der Waals surface area (Å²) in [4.78, 5) is 16.9. The van der Waals surface area contributed by atoms with Gasteiger partial charge < -0.3 is 9.47 Å². The van der Waals surface area contributed by atoms with E-state index in [0.29, 0.717) is 32.4 Å². The van der Waals surface area contributed by atoms with Crippen molar-refractivity contribution < 1.29 is 14.3 Å². The number of ether oxygens (including phenoxy) is 2. The van der Waals surface area contributed by atoms with Crippen molar-refractivity contribution in [3.05, 3.63) is 57.9 Å². The third kappa shape index (κ3) is 3.49. The predicted octanol–water partition coefficient (Wildman–Crippen LogP) is 4.90. The Morgan fingerprint density at radius 3 is 2.77 bits per heavy atom. The number of halogens is 2. The average molecular weight is 407 g/mol. The van der Waals surface area contributed by atoms with Crippen LogP contribution in [0, 0.1) is 0 Å². The Labute approximate surface area is 163 Å². The fourth-order valence-electron chi connectivity index (χ4n) is 2.45. The van der Waals surface area contributed by atoms with Crippen molar-refractivity contribution in [3.8, 4) is 22.8 Å². The summed E-state index contributed by atoms with van der Waals surface area (Å²) in [5.41, 5.74) is 1.53. The smallest absolute Gasteiger partial charge is 0.270 e. The Kier molecular flexibility index (Phi) is 4.72. The molecule has 1 N–H and O–H groups in total. The van der Waals surface area contributed by atoms with Crippen molar-refractivity contribution in [2.45, 2.75) is 6.10 Å². The van der Waals surface area contributed by atoms with Crippen molar-refractivity contribution in [1.29, 1.82) is 0 Å². The maximum absolute atomic E-state index is 12.4. The summed E-state index contributed by atoms with van der Waals surface area (Å²) in [6.07, 6.45) is -0.734. The van der Waals surface area contributed by atoms with Gasteiger partial charge in [-0.15, -0.1) is 11.3 Å². The van der Waals surface area contributed by atoms with Crippen LogP contribution >= 0.6 is 34.5 Å². The Balaban J connectivity index is 1.46. The summed E-state index contributed by atoms with van der Waals surface area (Å²) >= 11 is 13.3. The molecule has 0 aliphatic carbocycles. The van der Waals surface area contributed by atoms with Crippen LogP contribution in [0.15, 0.2) is 47.8 Å². The Morgan fingerprint density at radius 2 is 1.96 bits per heavy atom. The molecule has 1 aromatic heterocycles. The molecule has 1 atom stereocenters. The number of carbonyl (C=O) groups excluding carboxylic acids is 1. The first kappa shape index (κ1) is 17.1. The van der Waals surface area contributed by atoms with Crippen molar-refractivity contribution in [3.63, 3.8) is 0 Å². The monoisotopic (exact) mass is 406 g/mol. The van der Waals surface area contributed by atoms with Crippen LogP contribution in [0.1, 0.15) is 0 Å². The lowest BCUT2D eigenvalue weighted by atomic mass is 10.2. The number of anilines is 1. The van der Waals surface area contributed by atoms with Gasteiger partial charge in [0.15, 0.2) is 16.6 Å². The number of nitrogens with one attached hydrogen (secondary N) is 1. The molecular formula is C18H12Cl2N2O3S. The van der Waals surface area contributed by atoms with Gasteiger partial charge in [0.05, 0.1) is 15.7 Å². The number of fused-ring (bicyclic) bond motifs is 1. The summed E-state index contributed by atoms with van der Waals surface area (Å²) in [6, 6.07) is 12.5. The molecule has 1 aliphatic rings. The molecule has 1 unspecified atom stereocenters. The summed E-state index contributed by atoms with van der Waals surface area (Å²) in [7, 11) is 0. The average Bonchev–Trinajstić information content (AvgIpc) is 3.12. The quantitative estimate of drug-likeness (QED) is 0.671. The second kappa shape index (κ2) is 7.15. The highest BCUT2D eigenvalue weighted by molar-refractivity contribution is 7.14. The van der Waals surface area contributed by atoms with E-state index in [-0.39, 0.29) is 12.5 Å². The highest BCUT2D eigenvalue weighted by atomic mass is 35.5. The minimum Gasteiger partial charge on any atom is -0.485 e. The van der Waals surface area contributed by atoms with Crippen LogP contribution in [-0.4, -0.2) is 23.6 Å². The Bertz CT molecular complexity index is 977. The zero-order valence-corrected chi connectivity index (χ0v) is 15.6. The molecule has 0 fully saturated rings. The van der Waals surface area contributed by atoms with E-state index in [0.717, 1.165) is 5.56 Å². The summed E-state index contributed by atoms with van der Waals surface area (Å²) in [5.74, 6) is 0.872. The molecule has 0 saturated carbocycles. The Morgan fingerprint density at radius 1 is 1.15 bits per heavy atom. The second-order valence-electron chi connectivity index (χ2n) is 5.52. The van der Waals surface area contributed by atoms with Crippen LogP contribution in [0.2, 0.25) is 10.0 Å². The van der Waals surface area contributed by atoms with E-state index < -0.39 is 6.10 Å². The third-order valence-corrected chi connectivity index (χ3v) is 5.25. The minimum atomic E-state index is -0.734. The van der Waals surface area contributed by atoms with Crippen LogP contribution in [0.5, 0.6) is 11.5 Å². The number of aromatic nitrogens is 1. The van der Waals surface area contributed by atoms with Gasteiger partial charge in [-0.25, -0.2) is 4.98 Å². The van der Waals surface area contributed by atoms with E-state index >= 15 is 0 Å². The first-order chi connectivity index (χ1) is 12.6. The predicted molar refractivity (Wildman–Crippen MR) is 103 cm³/mol. The molecule has 132 valence electrons. The van der Waals surface area contributed by atoms with Crippen LogP contribution in [0.3, 0.4) is 0 Å². The fourth-order valence-corrected chi connectivity index (χ4v) is 3.47. The van der Waals surface area contributed by atoms with Gasteiger partial charge >= 0.3 is 0 Å². The van der Waals surface area contributed by atoms with E-state index in [2.05, 4.69) is 10.3 Å². The van der Waals surface area contributed by atoms with Crippen molar-refractivity contribution >= 4 is 45.6 Å². The van der Waals surface area contributed by atoms with Crippen molar-refractivity contribution in [2.75, 3.05) is 11.9 Å². The zero-order chi connectivity index (χ0) is 18.1. The van der Waals surface area contributed by atoms with Crippen molar-refractivity contribution in [1.82, 2.24) is 4.98 Å². The lowest BCUT2D eigenvalue weighted by Crippen LogP contribution is -2.40. The molecule has 0 bridgehead atoms. The molecule has 2 heterocycles. The maximum atomic E-state index is 12.4. The highest BCUT2D eigenvalue weighted by Gasteiger charge is 2.27. The number of hydrogen-bond donors (Lipinski definition) is 1. The molecule has 2 aromatic carbocycles. The largest absolute Gasteiger partial charge is 0.485 e. The van der Waals surface area contributed by atoms with Crippen LogP contribution in [-0.2, 0) is 4.79 Å². The number of benzene rings is 2. The lowest BCUT2D eigenvalue weighted by molar-refractivity contribution is -0.125. The van der Waals surface area contributed by atoms with Gasteiger partial charge in [0.25, 0.3) is 5.91 Å².